The van der Waals surface area contributed by atoms with E-state index in [0.717, 1.165) is 0 Å². The predicted octanol–water partition coefficient (Wildman–Crippen LogP) is 4.26. The Morgan fingerprint density at radius 1 is 1.09 bits per heavy atom. The number of halogens is 2. The van der Waals surface area contributed by atoms with Crippen LogP contribution < -0.4 is 9.47 Å². The lowest BCUT2D eigenvalue weighted by Gasteiger charge is -2.14. The van der Waals surface area contributed by atoms with Gasteiger partial charge in [0.15, 0.2) is 17.3 Å². The molecule has 4 nitrogen and oxygen atoms in total. The lowest BCUT2D eigenvalue weighted by molar-refractivity contribution is 0.103. The van der Waals surface area contributed by atoms with Crippen LogP contribution in [0, 0.1) is 6.92 Å². The van der Waals surface area contributed by atoms with Gasteiger partial charge in [-0.2, -0.15) is 0 Å². The van der Waals surface area contributed by atoms with E-state index in [4.69, 9.17) is 32.7 Å². The molecular weight excluding hydrogens is 327 g/mol. The molecule has 22 heavy (non-hydrogen) atoms. The number of carbonyl (C=O) groups excluding carboxylic acids is 1. The Morgan fingerprint density at radius 2 is 1.77 bits per heavy atom. The Kier molecular flexibility index (Phi) is 4.84. The van der Waals surface area contributed by atoms with Crippen LogP contribution in [0.3, 0.4) is 0 Å². The molecule has 2 rings (SSSR count). The van der Waals surface area contributed by atoms with E-state index in [1.165, 1.54) is 26.4 Å². The number of ketones is 1. The maximum absolute atomic E-state index is 12.8. The Hall–Kier alpha value is -1.91. The molecule has 0 saturated carbocycles. The second-order valence-electron chi connectivity index (χ2n) is 4.56. The van der Waals surface area contributed by atoms with Gasteiger partial charge < -0.3 is 14.6 Å². The number of rotatable bonds is 4. The first-order chi connectivity index (χ1) is 10.4. The van der Waals surface area contributed by atoms with Gasteiger partial charge >= 0.3 is 0 Å². The summed E-state index contributed by atoms with van der Waals surface area (Å²) in [5, 5.41) is 10.1. The fourth-order valence-corrected chi connectivity index (χ4v) is 2.63. The maximum Gasteiger partial charge on any atom is 0.198 e. The number of methoxy groups -OCH3 is 2. The summed E-state index contributed by atoms with van der Waals surface area (Å²) in [5.74, 6) is 0.162. The van der Waals surface area contributed by atoms with Crippen LogP contribution in [0.15, 0.2) is 24.3 Å². The second kappa shape index (κ2) is 6.46. The van der Waals surface area contributed by atoms with E-state index in [1.54, 1.807) is 19.1 Å². The van der Waals surface area contributed by atoms with Crippen LogP contribution in [0.2, 0.25) is 10.0 Å². The molecule has 0 fully saturated rings. The highest BCUT2D eigenvalue weighted by Crippen LogP contribution is 2.38. The first-order valence-electron chi connectivity index (χ1n) is 6.35. The van der Waals surface area contributed by atoms with Gasteiger partial charge in [0.25, 0.3) is 0 Å². The number of benzene rings is 2. The Bertz CT molecular complexity index is 741. The molecule has 6 heteroatoms. The molecule has 0 spiro atoms. The minimum atomic E-state index is -0.361. The molecule has 0 heterocycles. The SMILES string of the molecule is COc1ccc(Cl)c(Cl)c1C(=O)c1ccc(O)c(OC)c1C. The lowest BCUT2D eigenvalue weighted by atomic mass is 9.97. The van der Waals surface area contributed by atoms with Crippen molar-refractivity contribution in [3.8, 4) is 17.2 Å². The van der Waals surface area contributed by atoms with Crippen molar-refractivity contribution < 1.29 is 19.4 Å². The summed E-state index contributed by atoms with van der Waals surface area (Å²) in [7, 11) is 2.86. The second-order valence-corrected chi connectivity index (χ2v) is 5.34. The zero-order chi connectivity index (χ0) is 16.4. The van der Waals surface area contributed by atoms with Gasteiger partial charge in [0, 0.05) is 11.1 Å². The number of aromatic hydroxyl groups is 1. The van der Waals surface area contributed by atoms with Gasteiger partial charge in [0.1, 0.15) is 5.75 Å². The third-order valence-corrected chi connectivity index (χ3v) is 4.14. The predicted molar refractivity (Wildman–Crippen MR) is 85.8 cm³/mol. The number of hydrogen-bond donors (Lipinski definition) is 1. The summed E-state index contributed by atoms with van der Waals surface area (Å²) in [6.45, 7) is 1.68. The molecule has 0 aliphatic heterocycles. The largest absolute Gasteiger partial charge is 0.504 e. The van der Waals surface area contributed by atoms with Gasteiger partial charge in [0.05, 0.1) is 29.8 Å². The van der Waals surface area contributed by atoms with Crippen molar-refractivity contribution in [3.05, 3.63) is 51.0 Å². The molecule has 0 aliphatic carbocycles. The monoisotopic (exact) mass is 340 g/mol. The van der Waals surface area contributed by atoms with Gasteiger partial charge in [-0.05, 0) is 31.2 Å². The zero-order valence-corrected chi connectivity index (χ0v) is 13.7. The molecular formula is C16H14Cl2O4. The van der Waals surface area contributed by atoms with Crippen LogP contribution in [-0.2, 0) is 0 Å². The summed E-state index contributed by atoms with van der Waals surface area (Å²) in [4.78, 5) is 12.8. The van der Waals surface area contributed by atoms with E-state index in [-0.39, 0.29) is 32.9 Å². The van der Waals surface area contributed by atoms with Gasteiger partial charge in [-0.25, -0.2) is 0 Å². The Labute approximate surface area is 138 Å². The van der Waals surface area contributed by atoms with Crippen LogP contribution in [0.5, 0.6) is 17.2 Å². The third-order valence-electron chi connectivity index (χ3n) is 3.34. The number of hydrogen-bond acceptors (Lipinski definition) is 4. The average molecular weight is 341 g/mol. The fourth-order valence-electron chi connectivity index (χ4n) is 2.23. The van der Waals surface area contributed by atoms with E-state index in [2.05, 4.69) is 0 Å². The highest BCUT2D eigenvalue weighted by Gasteiger charge is 2.23. The highest BCUT2D eigenvalue weighted by atomic mass is 35.5. The number of carbonyl (C=O) groups is 1. The molecule has 0 atom stereocenters. The van der Waals surface area contributed by atoms with Crippen LogP contribution in [0.4, 0.5) is 0 Å². The first-order valence-corrected chi connectivity index (χ1v) is 7.11. The minimum Gasteiger partial charge on any atom is -0.504 e. The van der Waals surface area contributed by atoms with Crippen LogP contribution in [-0.4, -0.2) is 25.1 Å². The van der Waals surface area contributed by atoms with Crippen LogP contribution in [0.25, 0.3) is 0 Å². The molecule has 0 aliphatic rings. The summed E-state index contributed by atoms with van der Waals surface area (Å²) < 4.78 is 10.3. The average Bonchev–Trinajstić information content (AvgIpc) is 2.49. The van der Waals surface area contributed by atoms with Crippen molar-refractivity contribution in [3.63, 3.8) is 0 Å². The molecule has 1 N–H and O–H groups in total. The smallest absolute Gasteiger partial charge is 0.198 e. The minimum absolute atomic E-state index is 0.0410. The molecule has 2 aromatic rings. The third kappa shape index (κ3) is 2.72. The molecule has 0 amide bonds. The normalized spacial score (nSPS) is 10.4. The summed E-state index contributed by atoms with van der Waals surface area (Å²) in [5.41, 5.74) is 1.02. The topological polar surface area (TPSA) is 55.8 Å². The molecule has 0 aromatic heterocycles. The highest BCUT2D eigenvalue weighted by molar-refractivity contribution is 6.44. The van der Waals surface area contributed by atoms with Crippen molar-refractivity contribution in [2.24, 2.45) is 0 Å². The van der Waals surface area contributed by atoms with Gasteiger partial charge in [-0.15, -0.1) is 0 Å². The van der Waals surface area contributed by atoms with Crippen molar-refractivity contribution in [1.82, 2.24) is 0 Å². The summed E-state index contributed by atoms with van der Waals surface area (Å²) >= 11 is 12.2. The number of phenolic OH excluding ortho intramolecular Hbond substituents is 1. The van der Waals surface area contributed by atoms with Crippen LogP contribution in [0.1, 0.15) is 21.5 Å². The van der Waals surface area contributed by atoms with E-state index in [9.17, 15) is 9.90 Å². The van der Waals surface area contributed by atoms with Crippen molar-refractivity contribution in [2.75, 3.05) is 14.2 Å². The Morgan fingerprint density at radius 3 is 2.36 bits per heavy atom. The molecule has 2 aromatic carbocycles. The van der Waals surface area contributed by atoms with Gasteiger partial charge in [-0.3, -0.25) is 4.79 Å². The molecule has 0 saturated heterocycles. The lowest BCUT2D eigenvalue weighted by Crippen LogP contribution is -2.08. The maximum atomic E-state index is 12.8. The molecule has 0 bridgehead atoms. The number of ether oxygens (including phenoxy) is 2. The van der Waals surface area contributed by atoms with Gasteiger partial charge in [-0.1, -0.05) is 23.2 Å². The zero-order valence-electron chi connectivity index (χ0n) is 12.2. The quantitative estimate of drug-likeness (QED) is 0.845. The Balaban J connectivity index is 2.66. The fraction of sp³-hybridized carbons (Fsp3) is 0.188. The molecule has 0 radical (unpaired) electrons. The van der Waals surface area contributed by atoms with E-state index >= 15 is 0 Å². The van der Waals surface area contributed by atoms with E-state index in [1.807, 2.05) is 0 Å². The van der Waals surface area contributed by atoms with Crippen molar-refractivity contribution >= 4 is 29.0 Å². The first kappa shape index (κ1) is 16.5. The van der Waals surface area contributed by atoms with E-state index in [0.29, 0.717) is 16.9 Å². The van der Waals surface area contributed by atoms with Crippen LogP contribution >= 0.6 is 23.2 Å². The van der Waals surface area contributed by atoms with Crippen molar-refractivity contribution in [1.29, 1.82) is 0 Å². The van der Waals surface area contributed by atoms with Gasteiger partial charge in [0.2, 0.25) is 0 Å². The summed E-state index contributed by atoms with van der Waals surface area (Å²) in [6, 6.07) is 6.04. The van der Waals surface area contributed by atoms with Crippen molar-refractivity contribution in [2.45, 2.75) is 6.92 Å². The van der Waals surface area contributed by atoms with E-state index < -0.39 is 0 Å². The molecule has 116 valence electrons. The number of phenols is 1. The summed E-state index contributed by atoms with van der Waals surface area (Å²) in [6.07, 6.45) is 0. The standard InChI is InChI=1S/C16H14Cl2O4/c1-8-9(4-6-11(19)16(8)22-3)15(20)13-12(21-2)7-5-10(17)14(13)18/h4-7,19H,1-3H3. The molecule has 0 unspecified atom stereocenters.